The summed E-state index contributed by atoms with van der Waals surface area (Å²) in [7, 11) is 1.80. The normalized spacial score (nSPS) is 12.6. The molecule has 1 aromatic rings. The lowest BCUT2D eigenvalue weighted by atomic mass is 10.3. The van der Waals surface area contributed by atoms with Crippen molar-refractivity contribution in [1.29, 1.82) is 0 Å². The monoisotopic (exact) mass is 196 g/mol. The van der Waals surface area contributed by atoms with Gasteiger partial charge in [0.05, 0.1) is 0 Å². The van der Waals surface area contributed by atoms with Gasteiger partial charge < -0.3 is 11.1 Å². The Morgan fingerprint density at radius 2 is 2.43 bits per heavy atom. The third kappa shape index (κ3) is 2.32. The van der Waals surface area contributed by atoms with Gasteiger partial charge in [-0.1, -0.05) is 0 Å². The van der Waals surface area contributed by atoms with Crippen molar-refractivity contribution >= 4 is 5.91 Å². The molecule has 0 aromatic carbocycles. The molecule has 3 N–H and O–H groups in total. The predicted molar refractivity (Wildman–Crippen MR) is 53.9 cm³/mol. The van der Waals surface area contributed by atoms with Gasteiger partial charge in [0.15, 0.2) is 0 Å². The number of nitrogens with two attached hydrogens (primary N) is 1. The summed E-state index contributed by atoms with van der Waals surface area (Å²) in [6.07, 6.45) is 0. The number of nitrogens with zero attached hydrogens (tertiary/aromatic N) is 2. The largest absolute Gasteiger partial charge is 0.347 e. The van der Waals surface area contributed by atoms with Crippen LogP contribution in [-0.2, 0) is 7.05 Å². The molecule has 0 saturated heterocycles. The molecular formula is C9H16N4O. The number of rotatable bonds is 3. The second kappa shape index (κ2) is 4.23. The van der Waals surface area contributed by atoms with E-state index in [1.165, 1.54) is 0 Å². The molecular weight excluding hydrogens is 180 g/mol. The van der Waals surface area contributed by atoms with Crippen molar-refractivity contribution in [2.75, 3.05) is 6.54 Å². The molecule has 0 aliphatic heterocycles. The SMILES string of the molecule is Cc1cc(C(=O)NC(C)CN)nn1C. The summed E-state index contributed by atoms with van der Waals surface area (Å²) in [6, 6.07) is 1.73. The fraction of sp³-hybridized carbons (Fsp3) is 0.556. The molecule has 0 spiro atoms. The number of amides is 1. The van der Waals surface area contributed by atoms with Gasteiger partial charge in [0.25, 0.3) is 5.91 Å². The molecule has 1 amide bonds. The minimum atomic E-state index is -0.174. The fourth-order valence-electron chi connectivity index (χ4n) is 1.03. The minimum Gasteiger partial charge on any atom is -0.347 e. The Kier molecular flexibility index (Phi) is 3.24. The number of carbonyl (C=O) groups excluding carboxylic acids is 1. The van der Waals surface area contributed by atoms with Crippen LogP contribution in [0.2, 0.25) is 0 Å². The van der Waals surface area contributed by atoms with Crippen molar-refractivity contribution in [2.24, 2.45) is 12.8 Å². The number of hydrogen-bond donors (Lipinski definition) is 2. The number of nitrogens with one attached hydrogen (secondary N) is 1. The Labute approximate surface area is 83.3 Å². The van der Waals surface area contributed by atoms with E-state index in [1.54, 1.807) is 17.8 Å². The Balaban J connectivity index is 2.70. The van der Waals surface area contributed by atoms with Gasteiger partial charge in [0.2, 0.25) is 0 Å². The molecule has 0 bridgehead atoms. The number of hydrogen-bond acceptors (Lipinski definition) is 3. The van der Waals surface area contributed by atoms with Crippen LogP contribution in [0.3, 0.4) is 0 Å². The molecule has 0 fully saturated rings. The first-order valence-corrected chi connectivity index (χ1v) is 4.56. The number of aromatic nitrogens is 2. The minimum absolute atomic E-state index is 0.0233. The summed E-state index contributed by atoms with van der Waals surface area (Å²) < 4.78 is 1.67. The highest BCUT2D eigenvalue weighted by molar-refractivity contribution is 5.92. The van der Waals surface area contributed by atoms with E-state index in [2.05, 4.69) is 10.4 Å². The van der Waals surface area contributed by atoms with Crippen LogP contribution in [0.1, 0.15) is 23.1 Å². The van der Waals surface area contributed by atoms with E-state index in [4.69, 9.17) is 5.73 Å². The first-order chi connectivity index (χ1) is 6.54. The van der Waals surface area contributed by atoms with Gasteiger partial charge in [-0.05, 0) is 19.9 Å². The lowest BCUT2D eigenvalue weighted by molar-refractivity contribution is 0.0935. The fourth-order valence-corrected chi connectivity index (χ4v) is 1.03. The second-order valence-electron chi connectivity index (χ2n) is 3.40. The smallest absolute Gasteiger partial charge is 0.272 e. The Bertz CT molecular complexity index is 312. The summed E-state index contributed by atoms with van der Waals surface area (Å²) in [5.74, 6) is -0.174. The van der Waals surface area contributed by atoms with Crippen LogP contribution in [0.15, 0.2) is 6.07 Å². The van der Waals surface area contributed by atoms with E-state index in [9.17, 15) is 4.79 Å². The van der Waals surface area contributed by atoms with Crippen molar-refractivity contribution in [3.05, 3.63) is 17.5 Å². The highest BCUT2D eigenvalue weighted by Gasteiger charge is 2.12. The van der Waals surface area contributed by atoms with E-state index >= 15 is 0 Å². The van der Waals surface area contributed by atoms with Crippen molar-refractivity contribution in [3.8, 4) is 0 Å². The van der Waals surface area contributed by atoms with Crippen LogP contribution in [0.5, 0.6) is 0 Å². The third-order valence-corrected chi connectivity index (χ3v) is 2.08. The first-order valence-electron chi connectivity index (χ1n) is 4.56. The van der Waals surface area contributed by atoms with Gasteiger partial charge in [0.1, 0.15) is 5.69 Å². The van der Waals surface area contributed by atoms with Gasteiger partial charge in [0, 0.05) is 25.3 Å². The molecule has 0 radical (unpaired) electrons. The molecule has 78 valence electrons. The van der Waals surface area contributed by atoms with Gasteiger partial charge in [-0.15, -0.1) is 0 Å². The van der Waals surface area contributed by atoms with Gasteiger partial charge >= 0.3 is 0 Å². The highest BCUT2D eigenvalue weighted by atomic mass is 16.2. The van der Waals surface area contributed by atoms with Crippen LogP contribution in [0.4, 0.5) is 0 Å². The topological polar surface area (TPSA) is 72.9 Å². The Morgan fingerprint density at radius 1 is 1.79 bits per heavy atom. The maximum Gasteiger partial charge on any atom is 0.272 e. The summed E-state index contributed by atoms with van der Waals surface area (Å²) in [5.41, 5.74) is 6.78. The summed E-state index contributed by atoms with van der Waals surface area (Å²) in [6.45, 7) is 4.18. The van der Waals surface area contributed by atoms with E-state index in [0.717, 1.165) is 5.69 Å². The lowest BCUT2D eigenvalue weighted by Crippen LogP contribution is -2.38. The standard InChI is InChI=1S/C9H16N4O/c1-6(5-10)11-9(14)8-4-7(2)13(3)12-8/h4,6H,5,10H2,1-3H3,(H,11,14). The van der Waals surface area contributed by atoms with E-state index in [1.807, 2.05) is 13.8 Å². The van der Waals surface area contributed by atoms with Crippen molar-refractivity contribution < 1.29 is 4.79 Å². The number of aryl methyl sites for hydroxylation is 2. The van der Waals surface area contributed by atoms with Crippen molar-refractivity contribution in [2.45, 2.75) is 19.9 Å². The molecule has 1 atom stereocenters. The van der Waals surface area contributed by atoms with Crippen molar-refractivity contribution in [1.82, 2.24) is 15.1 Å². The predicted octanol–water partition coefficient (Wildman–Crippen LogP) is -0.194. The molecule has 0 aliphatic carbocycles. The van der Waals surface area contributed by atoms with Crippen molar-refractivity contribution in [3.63, 3.8) is 0 Å². The van der Waals surface area contributed by atoms with Gasteiger partial charge in [-0.2, -0.15) is 5.10 Å². The summed E-state index contributed by atoms with van der Waals surface area (Å²) in [4.78, 5) is 11.5. The quantitative estimate of drug-likeness (QED) is 0.703. The Hall–Kier alpha value is -1.36. The number of carbonyl (C=O) groups is 1. The zero-order chi connectivity index (χ0) is 10.7. The first kappa shape index (κ1) is 10.7. The second-order valence-corrected chi connectivity index (χ2v) is 3.40. The van der Waals surface area contributed by atoms with Crippen LogP contribution in [0.25, 0.3) is 0 Å². The summed E-state index contributed by atoms with van der Waals surface area (Å²) >= 11 is 0. The highest BCUT2D eigenvalue weighted by Crippen LogP contribution is 2.00. The Morgan fingerprint density at radius 3 is 2.86 bits per heavy atom. The lowest BCUT2D eigenvalue weighted by Gasteiger charge is -2.08. The van der Waals surface area contributed by atoms with Gasteiger partial charge in [-0.25, -0.2) is 0 Å². The van der Waals surface area contributed by atoms with Crippen LogP contribution in [-0.4, -0.2) is 28.3 Å². The maximum atomic E-state index is 11.5. The van der Waals surface area contributed by atoms with E-state index < -0.39 is 0 Å². The van der Waals surface area contributed by atoms with Crippen LogP contribution >= 0.6 is 0 Å². The average Bonchev–Trinajstić information content (AvgIpc) is 2.47. The van der Waals surface area contributed by atoms with Crippen LogP contribution in [0, 0.1) is 6.92 Å². The molecule has 5 heteroatoms. The van der Waals surface area contributed by atoms with E-state index in [-0.39, 0.29) is 11.9 Å². The molecule has 1 heterocycles. The molecule has 5 nitrogen and oxygen atoms in total. The maximum absolute atomic E-state index is 11.5. The molecule has 14 heavy (non-hydrogen) atoms. The zero-order valence-electron chi connectivity index (χ0n) is 8.74. The zero-order valence-corrected chi connectivity index (χ0v) is 8.74. The molecule has 1 rings (SSSR count). The summed E-state index contributed by atoms with van der Waals surface area (Å²) in [5, 5.41) is 6.81. The van der Waals surface area contributed by atoms with Crippen LogP contribution < -0.4 is 11.1 Å². The van der Waals surface area contributed by atoms with E-state index in [0.29, 0.717) is 12.2 Å². The molecule has 0 saturated carbocycles. The molecule has 0 aliphatic rings. The molecule has 1 unspecified atom stereocenters. The molecule has 1 aromatic heterocycles. The van der Waals surface area contributed by atoms with Gasteiger partial charge in [-0.3, -0.25) is 9.48 Å². The average molecular weight is 196 g/mol. The third-order valence-electron chi connectivity index (χ3n) is 2.08.